The van der Waals surface area contributed by atoms with Gasteiger partial charge in [-0.15, -0.1) is 24.0 Å². The van der Waals surface area contributed by atoms with E-state index < -0.39 is 0 Å². The summed E-state index contributed by atoms with van der Waals surface area (Å²) in [5.41, 5.74) is 1.04. The van der Waals surface area contributed by atoms with Gasteiger partial charge < -0.3 is 20.2 Å². The van der Waals surface area contributed by atoms with Crippen molar-refractivity contribution in [1.82, 2.24) is 10.6 Å². The van der Waals surface area contributed by atoms with Gasteiger partial charge in [0.25, 0.3) is 0 Å². The van der Waals surface area contributed by atoms with Gasteiger partial charge in [0.15, 0.2) is 5.96 Å². The third kappa shape index (κ3) is 12.1. The van der Waals surface area contributed by atoms with E-state index in [4.69, 9.17) is 9.52 Å². The molecule has 0 aliphatic rings. The van der Waals surface area contributed by atoms with Gasteiger partial charge in [0.2, 0.25) is 0 Å². The second-order valence-electron chi connectivity index (χ2n) is 5.44. The van der Waals surface area contributed by atoms with Gasteiger partial charge in [0.05, 0.1) is 12.8 Å². The average Bonchev–Trinajstić information content (AvgIpc) is 3.00. The Balaban J connectivity index is 0.00000484. The molecule has 5 nitrogen and oxygen atoms in total. The quantitative estimate of drug-likeness (QED) is 0.164. The van der Waals surface area contributed by atoms with Gasteiger partial charge in [-0.2, -0.15) is 0 Å². The monoisotopic (exact) mass is 435 g/mol. The highest BCUT2D eigenvalue weighted by Gasteiger charge is 2.00. The number of rotatable bonds is 11. The summed E-state index contributed by atoms with van der Waals surface area (Å²) in [5, 5.41) is 15.4. The van der Waals surface area contributed by atoms with E-state index in [1.807, 2.05) is 19.1 Å². The maximum atomic E-state index is 8.75. The van der Waals surface area contributed by atoms with Crippen LogP contribution in [0.15, 0.2) is 40.0 Å². The summed E-state index contributed by atoms with van der Waals surface area (Å²) in [4.78, 5) is 4.50. The summed E-state index contributed by atoms with van der Waals surface area (Å²) >= 11 is 0. The van der Waals surface area contributed by atoms with E-state index in [1.165, 1.54) is 0 Å². The fraction of sp³-hybridized carbons (Fsp3) is 0.588. The lowest BCUT2D eigenvalue weighted by molar-refractivity contribution is 0.282. The normalized spacial score (nSPS) is 11.0. The molecular formula is C17H30IN3O2. The third-order valence-electron chi connectivity index (χ3n) is 3.13. The van der Waals surface area contributed by atoms with Gasteiger partial charge in [-0.25, -0.2) is 4.99 Å². The maximum Gasteiger partial charge on any atom is 0.191 e. The molecule has 1 aromatic heterocycles. The number of aliphatic hydroxyl groups is 1. The van der Waals surface area contributed by atoms with Crippen LogP contribution in [0.4, 0.5) is 0 Å². The molecule has 0 spiro atoms. The molecule has 0 radical (unpaired) electrons. The molecule has 0 saturated heterocycles. The first-order valence-corrected chi connectivity index (χ1v) is 8.02. The van der Waals surface area contributed by atoms with Crippen molar-refractivity contribution < 1.29 is 9.52 Å². The van der Waals surface area contributed by atoms with Crippen molar-refractivity contribution in [2.75, 3.05) is 26.2 Å². The molecule has 0 fully saturated rings. The molecule has 1 rings (SSSR count). The first-order valence-electron chi connectivity index (χ1n) is 8.02. The van der Waals surface area contributed by atoms with Crippen LogP contribution in [0.5, 0.6) is 0 Å². The number of unbranched alkanes of at least 4 members (excludes halogenated alkanes) is 3. The van der Waals surface area contributed by atoms with Crippen LogP contribution in [-0.2, 0) is 6.42 Å². The van der Waals surface area contributed by atoms with Gasteiger partial charge in [0, 0.05) is 26.1 Å². The Hall–Kier alpha value is -1.02. The van der Waals surface area contributed by atoms with Crippen LogP contribution in [0.2, 0.25) is 0 Å². The molecule has 1 aromatic rings. The first-order chi connectivity index (χ1) is 10.7. The summed E-state index contributed by atoms with van der Waals surface area (Å²) in [6.07, 6.45) is 6.67. The minimum absolute atomic E-state index is 0. The number of furan rings is 1. The SMILES string of the molecule is C=C(C)CN=C(NCCCCCCO)NCCc1ccco1.I. The van der Waals surface area contributed by atoms with Crippen molar-refractivity contribution in [3.63, 3.8) is 0 Å². The summed E-state index contributed by atoms with van der Waals surface area (Å²) in [6.45, 7) is 8.42. The summed E-state index contributed by atoms with van der Waals surface area (Å²) in [5.74, 6) is 1.78. The minimum atomic E-state index is 0. The number of aliphatic hydroxyl groups excluding tert-OH is 1. The Kier molecular flexibility index (Phi) is 13.9. The van der Waals surface area contributed by atoms with E-state index in [0.717, 1.165) is 62.5 Å². The van der Waals surface area contributed by atoms with Gasteiger partial charge in [-0.3, -0.25) is 0 Å². The molecule has 3 N–H and O–H groups in total. The third-order valence-corrected chi connectivity index (χ3v) is 3.13. The van der Waals surface area contributed by atoms with Crippen molar-refractivity contribution >= 4 is 29.9 Å². The smallest absolute Gasteiger partial charge is 0.191 e. The van der Waals surface area contributed by atoms with Crippen molar-refractivity contribution in [1.29, 1.82) is 0 Å². The second kappa shape index (κ2) is 14.6. The van der Waals surface area contributed by atoms with Crippen LogP contribution in [0.25, 0.3) is 0 Å². The Morgan fingerprint density at radius 1 is 1.22 bits per heavy atom. The lowest BCUT2D eigenvalue weighted by atomic mass is 10.2. The summed E-state index contributed by atoms with van der Waals surface area (Å²) in [7, 11) is 0. The second-order valence-corrected chi connectivity index (χ2v) is 5.44. The first kappa shape index (κ1) is 22.0. The average molecular weight is 435 g/mol. The van der Waals surface area contributed by atoms with Gasteiger partial charge in [-0.1, -0.05) is 25.0 Å². The van der Waals surface area contributed by atoms with Gasteiger partial charge in [0.1, 0.15) is 5.76 Å². The zero-order valence-corrected chi connectivity index (χ0v) is 16.3. The molecule has 1 heterocycles. The topological polar surface area (TPSA) is 69.8 Å². The van der Waals surface area contributed by atoms with Crippen LogP contribution in [-0.4, -0.2) is 37.3 Å². The number of hydrogen-bond donors (Lipinski definition) is 3. The Morgan fingerprint density at radius 3 is 2.61 bits per heavy atom. The van der Waals surface area contributed by atoms with Gasteiger partial charge in [-0.05, 0) is 31.9 Å². The summed E-state index contributed by atoms with van der Waals surface area (Å²) < 4.78 is 5.31. The van der Waals surface area contributed by atoms with Crippen molar-refractivity contribution in [3.8, 4) is 0 Å². The molecule has 0 amide bonds. The van der Waals surface area contributed by atoms with Crippen molar-refractivity contribution in [2.24, 2.45) is 4.99 Å². The van der Waals surface area contributed by atoms with Crippen molar-refractivity contribution in [2.45, 2.75) is 39.0 Å². The molecule has 0 aromatic carbocycles. The number of nitrogens with zero attached hydrogens (tertiary/aromatic N) is 1. The number of halogens is 1. The molecule has 6 heteroatoms. The zero-order valence-electron chi connectivity index (χ0n) is 14.0. The van der Waals surface area contributed by atoms with E-state index in [-0.39, 0.29) is 30.6 Å². The van der Waals surface area contributed by atoms with E-state index in [0.29, 0.717) is 6.54 Å². The van der Waals surface area contributed by atoms with Crippen LogP contribution in [0.3, 0.4) is 0 Å². The fourth-order valence-corrected chi connectivity index (χ4v) is 1.94. The van der Waals surface area contributed by atoms with Crippen LogP contribution in [0, 0.1) is 0 Å². The highest BCUT2D eigenvalue weighted by Crippen LogP contribution is 2.00. The molecule has 0 aliphatic carbocycles. The zero-order chi connectivity index (χ0) is 16.0. The lowest BCUT2D eigenvalue weighted by Crippen LogP contribution is -2.39. The molecule has 23 heavy (non-hydrogen) atoms. The van der Waals surface area contributed by atoms with Crippen LogP contribution >= 0.6 is 24.0 Å². The number of nitrogens with one attached hydrogen (secondary N) is 2. The van der Waals surface area contributed by atoms with E-state index in [2.05, 4.69) is 22.2 Å². The number of guanidine groups is 1. The Labute approximate surface area is 156 Å². The van der Waals surface area contributed by atoms with Crippen LogP contribution in [0.1, 0.15) is 38.4 Å². The highest BCUT2D eigenvalue weighted by molar-refractivity contribution is 14.0. The van der Waals surface area contributed by atoms with E-state index in [1.54, 1.807) is 6.26 Å². The molecule has 0 aliphatic heterocycles. The molecule has 0 bridgehead atoms. The number of hydrogen-bond acceptors (Lipinski definition) is 3. The predicted octanol–water partition coefficient (Wildman–Crippen LogP) is 3.10. The number of aliphatic imine (C=N–C) groups is 1. The Morgan fingerprint density at radius 2 is 1.96 bits per heavy atom. The maximum absolute atomic E-state index is 8.75. The molecule has 132 valence electrons. The van der Waals surface area contributed by atoms with E-state index >= 15 is 0 Å². The van der Waals surface area contributed by atoms with Crippen molar-refractivity contribution in [3.05, 3.63) is 36.3 Å². The fourth-order valence-electron chi connectivity index (χ4n) is 1.94. The van der Waals surface area contributed by atoms with E-state index in [9.17, 15) is 0 Å². The standard InChI is InChI=1S/C17H29N3O2.HI/c1-15(2)14-20-17(18-10-5-3-4-6-12-21)19-11-9-16-8-7-13-22-16;/h7-8,13,21H,1,3-6,9-12,14H2,2H3,(H2,18,19,20);1H. The minimum Gasteiger partial charge on any atom is -0.469 e. The molecule has 0 saturated carbocycles. The van der Waals surface area contributed by atoms with Crippen LogP contribution < -0.4 is 10.6 Å². The molecule has 0 atom stereocenters. The predicted molar refractivity (Wildman–Crippen MR) is 107 cm³/mol. The highest BCUT2D eigenvalue weighted by atomic mass is 127. The molecule has 0 unspecified atom stereocenters. The lowest BCUT2D eigenvalue weighted by Gasteiger charge is -2.12. The largest absolute Gasteiger partial charge is 0.469 e. The Bertz CT molecular complexity index is 433. The summed E-state index contributed by atoms with van der Waals surface area (Å²) in [6, 6.07) is 3.87. The van der Waals surface area contributed by atoms with Gasteiger partial charge >= 0.3 is 0 Å². The molecular weight excluding hydrogens is 405 g/mol.